The highest BCUT2D eigenvalue weighted by atomic mass is 19.1. The van der Waals surface area contributed by atoms with Crippen LogP contribution in [0.1, 0.15) is 36.7 Å². The number of amides is 1. The molecule has 0 aliphatic carbocycles. The lowest BCUT2D eigenvalue weighted by Crippen LogP contribution is -2.36. The van der Waals surface area contributed by atoms with E-state index in [2.05, 4.69) is 44.1 Å². The number of halogens is 1. The van der Waals surface area contributed by atoms with Gasteiger partial charge in [0.1, 0.15) is 5.82 Å². The highest BCUT2D eigenvalue weighted by Gasteiger charge is 2.40. The van der Waals surface area contributed by atoms with Crippen LogP contribution in [0, 0.1) is 5.82 Å². The zero-order valence-corrected chi connectivity index (χ0v) is 13.9. The Morgan fingerprint density at radius 2 is 1.83 bits per heavy atom. The Morgan fingerprint density at radius 1 is 1.17 bits per heavy atom. The summed E-state index contributed by atoms with van der Waals surface area (Å²) in [6.45, 7) is 6.67. The van der Waals surface area contributed by atoms with E-state index in [1.807, 2.05) is 12.1 Å². The minimum absolute atomic E-state index is 0.0730. The number of likely N-dealkylation sites (N-methyl/N-ethyl adjacent to an activating group) is 1. The number of fused-ring (bicyclic) bond motifs is 1. The molecule has 0 radical (unpaired) electrons. The molecule has 1 aliphatic heterocycles. The number of carbonyl (C=O) groups is 1. The number of rotatable bonds is 2. The summed E-state index contributed by atoms with van der Waals surface area (Å²) in [5.41, 5.74) is 3.68. The predicted octanol–water partition coefficient (Wildman–Crippen LogP) is 4.19. The van der Waals surface area contributed by atoms with E-state index in [0.29, 0.717) is 11.6 Å². The second-order valence-corrected chi connectivity index (χ2v) is 6.70. The first-order valence-corrected chi connectivity index (χ1v) is 7.75. The molecule has 1 atom stereocenters. The molecule has 2 aromatic carbocycles. The largest absolute Gasteiger partial charge is 0.371 e. The summed E-state index contributed by atoms with van der Waals surface area (Å²) in [5, 5.41) is 2.88. The van der Waals surface area contributed by atoms with Crippen molar-refractivity contribution < 1.29 is 9.18 Å². The average Bonchev–Trinajstić information content (AvgIpc) is 2.69. The fourth-order valence-electron chi connectivity index (χ4n) is 3.17. The van der Waals surface area contributed by atoms with Crippen molar-refractivity contribution in [2.45, 2.75) is 32.2 Å². The predicted molar refractivity (Wildman–Crippen MR) is 91.7 cm³/mol. The van der Waals surface area contributed by atoms with Crippen molar-refractivity contribution >= 4 is 17.3 Å². The minimum Gasteiger partial charge on any atom is -0.371 e. The third-order valence-corrected chi connectivity index (χ3v) is 5.06. The molecule has 1 heterocycles. The zero-order valence-electron chi connectivity index (χ0n) is 13.9. The van der Waals surface area contributed by atoms with Gasteiger partial charge < -0.3 is 10.2 Å². The Bertz CT molecular complexity index is 752. The summed E-state index contributed by atoms with van der Waals surface area (Å²) in [4.78, 5) is 14.5. The first-order valence-electron chi connectivity index (χ1n) is 7.75. The maximum absolute atomic E-state index is 12.9. The summed E-state index contributed by atoms with van der Waals surface area (Å²) >= 11 is 0. The molecule has 0 saturated heterocycles. The van der Waals surface area contributed by atoms with Crippen LogP contribution < -0.4 is 10.2 Å². The van der Waals surface area contributed by atoms with E-state index < -0.39 is 0 Å². The number of nitrogens with zero attached hydrogens (tertiary/aromatic N) is 1. The normalized spacial score (nSPS) is 18.7. The third kappa shape index (κ3) is 2.58. The monoisotopic (exact) mass is 312 g/mol. The molecule has 23 heavy (non-hydrogen) atoms. The lowest BCUT2D eigenvalue weighted by molar-refractivity contribution is 0.102. The van der Waals surface area contributed by atoms with Gasteiger partial charge in [0, 0.05) is 35.4 Å². The van der Waals surface area contributed by atoms with E-state index >= 15 is 0 Å². The molecule has 0 aromatic heterocycles. The number of carbonyl (C=O) groups excluding carboxylic acids is 1. The lowest BCUT2D eigenvalue weighted by atomic mass is 9.81. The van der Waals surface area contributed by atoms with E-state index in [0.717, 1.165) is 11.4 Å². The second-order valence-electron chi connectivity index (χ2n) is 6.70. The standard InChI is InChI=1S/C19H21FN2O/c1-12-19(2,3)16-10-9-15(11-17(16)22(12)4)21-18(23)13-5-7-14(20)8-6-13/h5-12H,1-4H3,(H,21,23)/t12-/m1/s1. The summed E-state index contributed by atoms with van der Waals surface area (Å²) in [5.74, 6) is -0.588. The van der Waals surface area contributed by atoms with Crippen molar-refractivity contribution in [1.29, 1.82) is 0 Å². The fourth-order valence-corrected chi connectivity index (χ4v) is 3.17. The summed E-state index contributed by atoms with van der Waals surface area (Å²) < 4.78 is 12.9. The van der Waals surface area contributed by atoms with Crippen LogP contribution in [0.5, 0.6) is 0 Å². The first-order chi connectivity index (χ1) is 10.8. The Labute approximate surface area is 136 Å². The van der Waals surface area contributed by atoms with Gasteiger partial charge in [0.2, 0.25) is 0 Å². The molecule has 0 fully saturated rings. The van der Waals surface area contributed by atoms with E-state index in [9.17, 15) is 9.18 Å². The van der Waals surface area contributed by atoms with Crippen LogP contribution in [-0.4, -0.2) is 19.0 Å². The Balaban J connectivity index is 1.86. The van der Waals surface area contributed by atoms with E-state index in [4.69, 9.17) is 0 Å². The van der Waals surface area contributed by atoms with Crippen LogP contribution in [0.15, 0.2) is 42.5 Å². The van der Waals surface area contributed by atoms with Gasteiger partial charge in [-0.2, -0.15) is 0 Å². The maximum atomic E-state index is 12.9. The first kappa shape index (κ1) is 15.5. The number of anilines is 2. The Kier molecular flexibility index (Phi) is 3.63. The number of nitrogens with one attached hydrogen (secondary N) is 1. The van der Waals surface area contributed by atoms with Gasteiger partial charge in [-0.05, 0) is 48.9 Å². The topological polar surface area (TPSA) is 32.3 Å². The van der Waals surface area contributed by atoms with Gasteiger partial charge in [0.25, 0.3) is 5.91 Å². The van der Waals surface area contributed by atoms with Crippen LogP contribution in [0.25, 0.3) is 0 Å². The van der Waals surface area contributed by atoms with Gasteiger partial charge in [-0.3, -0.25) is 4.79 Å². The summed E-state index contributed by atoms with van der Waals surface area (Å²) in [6, 6.07) is 11.9. The Hall–Kier alpha value is -2.36. The van der Waals surface area contributed by atoms with Gasteiger partial charge >= 0.3 is 0 Å². The highest BCUT2D eigenvalue weighted by Crippen LogP contribution is 2.45. The summed E-state index contributed by atoms with van der Waals surface area (Å²) in [7, 11) is 2.07. The second kappa shape index (κ2) is 5.37. The van der Waals surface area contributed by atoms with Crippen LogP contribution in [0.4, 0.5) is 15.8 Å². The van der Waals surface area contributed by atoms with E-state index in [1.165, 1.54) is 29.8 Å². The molecule has 0 spiro atoms. The minimum atomic E-state index is -0.350. The molecule has 3 nitrogen and oxygen atoms in total. The molecule has 1 aliphatic rings. The van der Waals surface area contributed by atoms with Crippen LogP contribution in [-0.2, 0) is 5.41 Å². The van der Waals surface area contributed by atoms with Gasteiger partial charge in [0.15, 0.2) is 0 Å². The number of benzene rings is 2. The molecule has 0 unspecified atom stereocenters. The molecule has 3 rings (SSSR count). The van der Waals surface area contributed by atoms with Crippen LogP contribution in [0.2, 0.25) is 0 Å². The molecule has 1 N–H and O–H groups in total. The molecule has 120 valence electrons. The van der Waals surface area contributed by atoms with Crippen molar-refractivity contribution in [1.82, 2.24) is 0 Å². The molecular formula is C19H21FN2O. The zero-order chi connectivity index (χ0) is 16.8. The molecule has 0 bridgehead atoms. The molecule has 1 amide bonds. The highest BCUT2D eigenvalue weighted by molar-refractivity contribution is 6.04. The third-order valence-electron chi connectivity index (χ3n) is 5.06. The van der Waals surface area contributed by atoms with Crippen molar-refractivity contribution in [3.05, 3.63) is 59.4 Å². The van der Waals surface area contributed by atoms with Gasteiger partial charge in [-0.15, -0.1) is 0 Å². The van der Waals surface area contributed by atoms with Gasteiger partial charge in [-0.1, -0.05) is 19.9 Å². The maximum Gasteiger partial charge on any atom is 0.255 e. The van der Waals surface area contributed by atoms with Crippen molar-refractivity contribution in [2.75, 3.05) is 17.3 Å². The molecule has 2 aromatic rings. The number of hydrogen-bond donors (Lipinski definition) is 1. The molecule has 0 saturated carbocycles. The van der Waals surface area contributed by atoms with Crippen molar-refractivity contribution in [3.63, 3.8) is 0 Å². The van der Waals surface area contributed by atoms with Crippen LogP contribution in [0.3, 0.4) is 0 Å². The van der Waals surface area contributed by atoms with Gasteiger partial charge in [0.05, 0.1) is 0 Å². The molecule has 4 heteroatoms. The van der Waals surface area contributed by atoms with Crippen molar-refractivity contribution in [2.24, 2.45) is 0 Å². The van der Waals surface area contributed by atoms with Crippen LogP contribution >= 0.6 is 0 Å². The lowest BCUT2D eigenvalue weighted by Gasteiger charge is -2.28. The Morgan fingerprint density at radius 3 is 2.48 bits per heavy atom. The van der Waals surface area contributed by atoms with E-state index in [1.54, 1.807) is 0 Å². The SMILES string of the molecule is C[C@H]1N(C)c2cc(NC(=O)c3ccc(F)cc3)ccc2C1(C)C. The fraction of sp³-hybridized carbons (Fsp3) is 0.316. The van der Waals surface area contributed by atoms with E-state index in [-0.39, 0.29) is 17.1 Å². The smallest absolute Gasteiger partial charge is 0.255 e. The summed E-state index contributed by atoms with van der Waals surface area (Å²) in [6.07, 6.45) is 0. The quantitative estimate of drug-likeness (QED) is 0.901. The molecular weight excluding hydrogens is 291 g/mol. The van der Waals surface area contributed by atoms with Crippen molar-refractivity contribution in [3.8, 4) is 0 Å². The average molecular weight is 312 g/mol. The number of hydrogen-bond acceptors (Lipinski definition) is 2. The van der Waals surface area contributed by atoms with Gasteiger partial charge in [-0.25, -0.2) is 4.39 Å².